The monoisotopic (exact) mass is 388 g/mol. The molecule has 1 unspecified atom stereocenters. The Kier molecular flexibility index (Phi) is 6.57. The fourth-order valence-electron chi connectivity index (χ4n) is 4.51. The molecule has 2 aliphatic rings. The molecule has 0 spiro atoms. The lowest BCUT2D eigenvalue weighted by Gasteiger charge is -2.31. The lowest BCUT2D eigenvalue weighted by molar-refractivity contribution is -0.133. The first-order valence-corrected chi connectivity index (χ1v) is 10.5. The summed E-state index contributed by atoms with van der Waals surface area (Å²) in [6.07, 6.45) is 5.52. The molecule has 1 aromatic rings. The van der Waals surface area contributed by atoms with Gasteiger partial charge in [-0.15, -0.1) is 0 Å². The van der Waals surface area contributed by atoms with E-state index in [0.717, 1.165) is 44.9 Å². The van der Waals surface area contributed by atoms with Crippen LogP contribution in [0.1, 0.15) is 51.5 Å². The number of rotatable bonds is 5. The van der Waals surface area contributed by atoms with Crippen LogP contribution >= 0.6 is 0 Å². The second-order valence-electron chi connectivity index (χ2n) is 8.49. The predicted molar refractivity (Wildman–Crippen MR) is 111 cm³/mol. The molecule has 2 N–H and O–H groups in total. The summed E-state index contributed by atoms with van der Waals surface area (Å²) >= 11 is 0. The molecular formula is C22H33FN4O. The first kappa shape index (κ1) is 20.6. The number of halogens is 1. The van der Waals surface area contributed by atoms with Crippen molar-refractivity contribution in [3.63, 3.8) is 0 Å². The molecule has 0 radical (unpaired) electrons. The zero-order valence-corrected chi connectivity index (χ0v) is 17.3. The van der Waals surface area contributed by atoms with Gasteiger partial charge in [0.1, 0.15) is 5.82 Å². The molecule has 1 aliphatic carbocycles. The van der Waals surface area contributed by atoms with Crippen molar-refractivity contribution in [3.8, 4) is 0 Å². The van der Waals surface area contributed by atoms with Crippen molar-refractivity contribution in [2.45, 2.75) is 57.4 Å². The molecule has 0 bridgehead atoms. The zero-order chi connectivity index (χ0) is 20.1. The van der Waals surface area contributed by atoms with Gasteiger partial charge in [-0.3, -0.25) is 9.79 Å². The minimum absolute atomic E-state index is 0.0284. The van der Waals surface area contributed by atoms with Crippen molar-refractivity contribution in [3.05, 3.63) is 35.6 Å². The van der Waals surface area contributed by atoms with Gasteiger partial charge in [0.25, 0.3) is 0 Å². The average Bonchev–Trinajstić information content (AvgIpc) is 3.35. The minimum atomic E-state index is -0.191. The number of hydrogen-bond donors (Lipinski definition) is 2. The van der Waals surface area contributed by atoms with Crippen LogP contribution < -0.4 is 10.6 Å². The van der Waals surface area contributed by atoms with Gasteiger partial charge in [-0.2, -0.15) is 0 Å². The third-order valence-electron chi connectivity index (χ3n) is 6.17. The summed E-state index contributed by atoms with van der Waals surface area (Å²) in [5.74, 6) is 0.837. The number of carbonyl (C=O) groups is 1. The van der Waals surface area contributed by atoms with Gasteiger partial charge >= 0.3 is 0 Å². The van der Waals surface area contributed by atoms with Gasteiger partial charge in [-0.25, -0.2) is 4.39 Å². The summed E-state index contributed by atoms with van der Waals surface area (Å²) < 4.78 is 13.4. The Morgan fingerprint density at radius 1 is 1.29 bits per heavy atom. The van der Waals surface area contributed by atoms with Crippen LogP contribution in [-0.4, -0.2) is 49.5 Å². The number of hydrogen-bond acceptors (Lipinski definition) is 2. The maximum atomic E-state index is 13.4. The Hall–Kier alpha value is -2.11. The number of nitrogens with zero attached hydrogens (tertiary/aromatic N) is 2. The van der Waals surface area contributed by atoms with E-state index in [-0.39, 0.29) is 29.1 Å². The molecule has 28 heavy (non-hydrogen) atoms. The topological polar surface area (TPSA) is 56.7 Å². The molecule has 1 atom stereocenters. The van der Waals surface area contributed by atoms with Crippen molar-refractivity contribution in [1.29, 1.82) is 0 Å². The highest BCUT2D eigenvalue weighted by Crippen LogP contribution is 2.40. The summed E-state index contributed by atoms with van der Waals surface area (Å²) in [6.45, 7) is 6.19. The van der Waals surface area contributed by atoms with Gasteiger partial charge in [0, 0.05) is 44.1 Å². The SMILES string of the molecule is CN=C(NCC1(c2ccc(F)cc2)CCCC1)NC1CCN(C(=O)C(C)C)C1. The first-order chi connectivity index (χ1) is 13.4. The number of aliphatic imine (C=N–C) groups is 1. The molecule has 5 nitrogen and oxygen atoms in total. The summed E-state index contributed by atoms with van der Waals surface area (Å²) in [4.78, 5) is 18.5. The van der Waals surface area contributed by atoms with Crippen molar-refractivity contribution >= 4 is 11.9 Å². The molecule has 6 heteroatoms. The van der Waals surface area contributed by atoms with Gasteiger partial charge in [0.15, 0.2) is 5.96 Å². The molecule has 0 aromatic heterocycles. The van der Waals surface area contributed by atoms with Gasteiger partial charge in [-0.1, -0.05) is 38.8 Å². The summed E-state index contributed by atoms with van der Waals surface area (Å²) in [6, 6.07) is 7.18. The number of carbonyl (C=O) groups excluding carboxylic acids is 1. The van der Waals surface area contributed by atoms with E-state index in [2.05, 4.69) is 15.6 Å². The first-order valence-electron chi connectivity index (χ1n) is 10.5. The lowest BCUT2D eigenvalue weighted by Crippen LogP contribution is -2.49. The van der Waals surface area contributed by atoms with Crippen LogP contribution in [-0.2, 0) is 10.2 Å². The Balaban J connectivity index is 1.59. The third kappa shape index (κ3) is 4.65. The quantitative estimate of drug-likeness (QED) is 0.602. The van der Waals surface area contributed by atoms with Gasteiger partial charge in [0.2, 0.25) is 5.91 Å². The van der Waals surface area contributed by atoms with Crippen LogP contribution in [0.15, 0.2) is 29.3 Å². The molecule has 1 saturated heterocycles. The maximum Gasteiger partial charge on any atom is 0.225 e. The highest BCUT2D eigenvalue weighted by molar-refractivity contribution is 5.81. The van der Waals surface area contributed by atoms with E-state index in [1.807, 2.05) is 30.9 Å². The standard InChI is InChI=1S/C22H33FN4O/c1-16(2)20(28)27-13-10-19(14-27)26-21(24-3)25-15-22(11-4-5-12-22)17-6-8-18(23)9-7-17/h6-9,16,19H,4-5,10-15H2,1-3H3,(H2,24,25,26). The number of nitrogens with one attached hydrogen (secondary N) is 2. The summed E-state index contributed by atoms with van der Waals surface area (Å²) in [5.41, 5.74) is 1.23. The Morgan fingerprint density at radius 2 is 1.96 bits per heavy atom. The number of likely N-dealkylation sites (tertiary alicyclic amines) is 1. The molecule has 1 heterocycles. The average molecular weight is 389 g/mol. The molecule has 1 saturated carbocycles. The molecule has 154 valence electrons. The fourth-order valence-corrected chi connectivity index (χ4v) is 4.51. The van der Waals surface area contributed by atoms with Gasteiger partial charge in [-0.05, 0) is 37.0 Å². The van der Waals surface area contributed by atoms with Crippen LogP contribution in [0.5, 0.6) is 0 Å². The predicted octanol–water partition coefficient (Wildman–Crippen LogP) is 3.06. The van der Waals surface area contributed by atoms with E-state index in [1.165, 1.54) is 18.4 Å². The van der Waals surface area contributed by atoms with Crippen molar-refractivity contribution in [2.75, 3.05) is 26.7 Å². The van der Waals surface area contributed by atoms with Crippen molar-refractivity contribution < 1.29 is 9.18 Å². The Bertz CT molecular complexity index is 695. The highest BCUT2D eigenvalue weighted by Gasteiger charge is 2.36. The second-order valence-corrected chi connectivity index (χ2v) is 8.49. The molecular weight excluding hydrogens is 355 g/mol. The Labute approximate surface area is 167 Å². The van der Waals surface area contributed by atoms with E-state index < -0.39 is 0 Å². The summed E-state index contributed by atoms with van der Waals surface area (Å²) in [5, 5.41) is 6.98. The normalized spacial score (nSPS) is 22.0. The largest absolute Gasteiger partial charge is 0.356 e. The van der Waals surface area contributed by atoms with E-state index in [0.29, 0.717) is 0 Å². The van der Waals surface area contributed by atoms with E-state index >= 15 is 0 Å². The molecule has 1 aliphatic heterocycles. The van der Waals surface area contributed by atoms with Crippen molar-refractivity contribution in [2.24, 2.45) is 10.9 Å². The van der Waals surface area contributed by atoms with Crippen LogP contribution in [0.25, 0.3) is 0 Å². The van der Waals surface area contributed by atoms with Crippen molar-refractivity contribution in [1.82, 2.24) is 15.5 Å². The van der Waals surface area contributed by atoms with Crippen LogP contribution in [0.3, 0.4) is 0 Å². The number of benzene rings is 1. The molecule has 2 fully saturated rings. The maximum absolute atomic E-state index is 13.4. The molecule has 1 amide bonds. The number of amides is 1. The molecule has 1 aromatic carbocycles. The minimum Gasteiger partial charge on any atom is -0.356 e. The van der Waals surface area contributed by atoms with Gasteiger partial charge < -0.3 is 15.5 Å². The number of guanidine groups is 1. The lowest BCUT2D eigenvalue weighted by atomic mass is 9.79. The third-order valence-corrected chi connectivity index (χ3v) is 6.17. The van der Waals surface area contributed by atoms with Crippen LogP contribution in [0.4, 0.5) is 4.39 Å². The molecule has 3 rings (SSSR count). The van der Waals surface area contributed by atoms with Crippen LogP contribution in [0.2, 0.25) is 0 Å². The van der Waals surface area contributed by atoms with E-state index in [1.54, 1.807) is 19.2 Å². The highest BCUT2D eigenvalue weighted by atomic mass is 19.1. The Morgan fingerprint density at radius 3 is 2.57 bits per heavy atom. The summed E-state index contributed by atoms with van der Waals surface area (Å²) in [7, 11) is 1.78. The van der Waals surface area contributed by atoms with E-state index in [4.69, 9.17) is 0 Å². The smallest absolute Gasteiger partial charge is 0.225 e. The zero-order valence-electron chi connectivity index (χ0n) is 17.3. The van der Waals surface area contributed by atoms with Gasteiger partial charge in [0.05, 0.1) is 0 Å². The van der Waals surface area contributed by atoms with E-state index in [9.17, 15) is 9.18 Å². The second kappa shape index (κ2) is 8.93. The van der Waals surface area contributed by atoms with Crippen LogP contribution in [0, 0.1) is 11.7 Å². The fraction of sp³-hybridized carbons (Fsp3) is 0.636.